The molecule has 2 N–H and O–H groups in total. The van der Waals surface area contributed by atoms with Crippen LogP contribution in [0.1, 0.15) is 19.3 Å². The number of nitrogens with zero attached hydrogens (tertiary/aromatic N) is 2. The largest absolute Gasteiger partial charge is 0.324 e. The number of para-hydroxylation sites is 2. The van der Waals surface area contributed by atoms with Gasteiger partial charge in [-0.3, -0.25) is 4.79 Å². The molecule has 0 spiro atoms. The molecule has 0 atom stereocenters. The second-order valence-corrected chi connectivity index (χ2v) is 5.41. The highest BCUT2D eigenvalue weighted by molar-refractivity contribution is 5.92. The van der Waals surface area contributed by atoms with Gasteiger partial charge in [-0.05, 0) is 50.0 Å². The number of rotatable bonds is 4. The van der Waals surface area contributed by atoms with Crippen LogP contribution in [0.15, 0.2) is 42.7 Å². The Kier molecular flexibility index (Phi) is 4.31. The molecule has 5 nitrogen and oxygen atoms in total. The van der Waals surface area contributed by atoms with Crippen molar-refractivity contribution in [2.45, 2.75) is 19.3 Å². The quantitative estimate of drug-likeness (QED) is 0.905. The fourth-order valence-electron chi connectivity index (χ4n) is 2.74. The van der Waals surface area contributed by atoms with E-state index < -0.39 is 0 Å². The maximum absolute atomic E-state index is 12.2. The first-order valence-electron chi connectivity index (χ1n) is 7.42. The molecule has 1 fully saturated rings. The van der Waals surface area contributed by atoms with Crippen LogP contribution in [0.4, 0.5) is 5.69 Å². The fraction of sp³-hybridized carbons (Fsp3) is 0.375. The van der Waals surface area contributed by atoms with E-state index >= 15 is 0 Å². The lowest BCUT2D eigenvalue weighted by Gasteiger charge is -2.22. The van der Waals surface area contributed by atoms with E-state index in [1.54, 1.807) is 10.9 Å². The summed E-state index contributed by atoms with van der Waals surface area (Å²) in [6.07, 6.45) is 6.35. The summed E-state index contributed by atoms with van der Waals surface area (Å²) in [4.78, 5) is 12.2. The van der Waals surface area contributed by atoms with Gasteiger partial charge in [-0.1, -0.05) is 12.1 Å². The zero-order chi connectivity index (χ0) is 14.5. The first kappa shape index (κ1) is 13.8. The van der Waals surface area contributed by atoms with Gasteiger partial charge in [-0.15, -0.1) is 0 Å². The van der Waals surface area contributed by atoms with E-state index in [-0.39, 0.29) is 5.91 Å². The molecule has 1 aliphatic rings. The molecule has 1 aromatic carbocycles. The Hall–Kier alpha value is -2.14. The number of carbonyl (C=O) groups excluding carboxylic acids is 1. The number of carbonyl (C=O) groups is 1. The summed E-state index contributed by atoms with van der Waals surface area (Å²) in [5.74, 6) is 0.574. The number of aromatic nitrogens is 2. The zero-order valence-electron chi connectivity index (χ0n) is 12.0. The van der Waals surface area contributed by atoms with E-state index in [0.717, 1.165) is 37.3 Å². The fourth-order valence-corrected chi connectivity index (χ4v) is 2.74. The van der Waals surface area contributed by atoms with Crippen LogP contribution in [-0.2, 0) is 4.79 Å². The Balaban J connectivity index is 1.68. The van der Waals surface area contributed by atoms with Crippen molar-refractivity contribution in [3.63, 3.8) is 0 Å². The molecular formula is C16H20N4O. The lowest BCUT2D eigenvalue weighted by atomic mass is 9.94. The Morgan fingerprint density at radius 1 is 1.29 bits per heavy atom. The van der Waals surface area contributed by atoms with Gasteiger partial charge >= 0.3 is 0 Å². The summed E-state index contributed by atoms with van der Waals surface area (Å²) in [6.45, 7) is 2.03. The predicted molar refractivity (Wildman–Crippen MR) is 82.4 cm³/mol. The van der Waals surface area contributed by atoms with E-state index in [0.29, 0.717) is 12.3 Å². The molecule has 0 bridgehead atoms. The molecule has 5 heteroatoms. The number of anilines is 1. The summed E-state index contributed by atoms with van der Waals surface area (Å²) in [5.41, 5.74) is 1.70. The van der Waals surface area contributed by atoms with Crippen molar-refractivity contribution in [3.05, 3.63) is 42.7 Å². The SMILES string of the molecule is O=C(CC1CCNCC1)Nc1ccccc1-n1cccn1. The van der Waals surface area contributed by atoms with E-state index in [2.05, 4.69) is 15.7 Å². The summed E-state index contributed by atoms with van der Waals surface area (Å²) >= 11 is 0. The molecular weight excluding hydrogens is 264 g/mol. The van der Waals surface area contributed by atoms with Gasteiger partial charge in [0.05, 0.1) is 11.4 Å². The van der Waals surface area contributed by atoms with Crippen molar-refractivity contribution in [2.24, 2.45) is 5.92 Å². The van der Waals surface area contributed by atoms with E-state index in [1.165, 1.54) is 0 Å². The molecule has 21 heavy (non-hydrogen) atoms. The first-order valence-corrected chi connectivity index (χ1v) is 7.42. The Morgan fingerprint density at radius 2 is 2.10 bits per heavy atom. The molecule has 2 aromatic rings. The second kappa shape index (κ2) is 6.54. The van der Waals surface area contributed by atoms with E-state index in [9.17, 15) is 4.79 Å². The lowest BCUT2D eigenvalue weighted by Crippen LogP contribution is -2.30. The van der Waals surface area contributed by atoms with Crippen LogP contribution in [-0.4, -0.2) is 28.8 Å². The molecule has 0 unspecified atom stereocenters. The maximum Gasteiger partial charge on any atom is 0.224 e. The number of hydrogen-bond donors (Lipinski definition) is 2. The summed E-state index contributed by atoms with van der Waals surface area (Å²) in [7, 11) is 0. The second-order valence-electron chi connectivity index (χ2n) is 5.41. The van der Waals surface area contributed by atoms with Crippen molar-refractivity contribution in [1.82, 2.24) is 15.1 Å². The zero-order valence-corrected chi connectivity index (χ0v) is 12.0. The summed E-state index contributed by atoms with van der Waals surface area (Å²) < 4.78 is 1.76. The molecule has 2 heterocycles. The number of piperidine rings is 1. The van der Waals surface area contributed by atoms with Gasteiger partial charge in [-0.2, -0.15) is 5.10 Å². The number of amides is 1. The van der Waals surface area contributed by atoms with Crippen LogP contribution >= 0.6 is 0 Å². The maximum atomic E-state index is 12.2. The highest BCUT2D eigenvalue weighted by atomic mass is 16.1. The predicted octanol–water partition coefficient (Wildman–Crippen LogP) is 2.20. The van der Waals surface area contributed by atoms with Crippen LogP contribution in [0.5, 0.6) is 0 Å². The first-order chi connectivity index (χ1) is 10.3. The summed E-state index contributed by atoms with van der Waals surface area (Å²) in [5, 5.41) is 10.6. The molecule has 1 aromatic heterocycles. The monoisotopic (exact) mass is 284 g/mol. The minimum Gasteiger partial charge on any atom is -0.324 e. The highest BCUT2D eigenvalue weighted by Crippen LogP contribution is 2.21. The number of hydrogen-bond acceptors (Lipinski definition) is 3. The van der Waals surface area contributed by atoms with Crippen molar-refractivity contribution in [1.29, 1.82) is 0 Å². The normalized spacial score (nSPS) is 15.8. The van der Waals surface area contributed by atoms with Crippen LogP contribution < -0.4 is 10.6 Å². The molecule has 1 saturated heterocycles. The lowest BCUT2D eigenvalue weighted by molar-refractivity contribution is -0.117. The molecule has 3 rings (SSSR count). The van der Waals surface area contributed by atoms with Crippen molar-refractivity contribution in [3.8, 4) is 5.69 Å². The van der Waals surface area contributed by atoms with Gasteiger partial charge in [0.2, 0.25) is 5.91 Å². The molecule has 0 radical (unpaired) electrons. The van der Waals surface area contributed by atoms with Crippen molar-refractivity contribution < 1.29 is 4.79 Å². The Labute approximate surface area is 124 Å². The Morgan fingerprint density at radius 3 is 2.86 bits per heavy atom. The smallest absolute Gasteiger partial charge is 0.224 e. The average molecular weight is 284 g/mol. The summed E-state index contributed by atoms with van der Waals surface area (Å²) in [6, 6.07) is 9.60. The topological polar surface area (TPSA) is 59.0 Å². The molecule has 1 amide bonds. The molecule has 110 valence electrons. The van der Waals surface area contributed by atoms with Crippen molar-refractivity contribution in [2.75, 3.05) is 18.4 Å². The van der Waals surface area contributed by atoms with Crippen LogP contribution in [0.2, 0.25) is 0 Å². The third-order valence-corrected chi connectivity index (χ3v) is 3.86. The Bertz CT molecular complexity index is 588. The number of benzene rings is 1. The van der Waals surface area contributed by atoms with Gasteiger partial charge in [0.1, 0.15) is 0 Å². The van der Waals surface area contributed by atoms with E-state index in [1.807, 2.05) is 36.5 Å². The van der Waals surface area contributed by atoms with Gasteiger partial charge in [0.15, 0.2) is 0 Å². The van der Waals surface area contributed by atoms with Gasteiger partial charge < -0.3 is 10.6 Å². The van der Waals surface area contributed by atoms with Gasteiger partial charge in [-0.25, -0.2) is 4.68 Å². The van der Waals surface area contributed by atoms with E-state index in [4.69, 9.17) is 0 Å². The minimum atomic E-state index is 0.0847. The average Bonchev–Trinajstić information content (AvgIpc) is 3.03. The van der Waals surface area contributed by atoms with Crippen LogP contribution in [0.25, 0.3) is 5.69 Å². The van der Waals surface area contributed by atoms with Gasteiger partial charge in [0, 0.05) is 18.8 Å². The molecule has 1 aliphatic heterocycles. The van der Waals surface area contributed by atoms with Crippen LogP contribution in [0, 0.1) is 5.92 Å². The van der Waals surface area contributed by atoms with Gasteiger partial charge in [0.25, 0.3) is 0 Å². The number of nitrogens with one attached hydrogen (secondary N) is 2. The highest BCUT2D eigenvalue weighted by Gasteiger charge is 2.17. The third kappa shape index (κ3) is 3.49. The van der Waals surface area contributed by atoms with Crippen molar-refractivity contribution >= 4 is 11.6 Å². The van der Waals surface area contributed by atoms with Crippen LogP contribution in [0.3, 0.4) is 0 Å². The molecule has 0 aliphatic carbocycles. The molecule has 0 saturated carbocycles. The standard InChI is InChI=1S/C16H20N4O/c21-16(12-13-6-9-17-10-7-13)19-14-4-1-2-5-15(14)20-11-3-8-18-20/h1-5,8,11,13,17H,6-7,9-10,12H2,(H,19,21). The minimum absolute atomic E-state index is 0.0847. The third-order valence-electron chi connectivity index (χ3n) is 3.86.